The van der Waals surface area contributed by atoms with E-state index in [-0.39, 0.29) is 41.1 Å². The molecule has 1 fully saturated rings. The number of carboxylic acid groups (broad SMARTS) is 1. The lowest BCUT2D eigenvalue weighted by molar-refractivity contribution is -0.139. The first-order chi connectivity index (χ1) is 14.8. The van der Waals surface area contributed by atoms with Crippen LogP contribution in [0, 0.1) is 34.3 Å². The minimum Gasteiger partial charge on any atom is -0.481 e. The summed E-state index contributed by atoms with van der Waals surface area (Å²) in [7, 11) is 0. The number of hydrogen-bond acceptors (Lipinski definition) is 4. The first-order valence-electron chi connectivity index (χ1n) is 10.2. The molecule has 1 saturated carbocycles. The van der Waals surface area contributed by atoms with Crippen LogP contribution in [0.25, 0.3) is 22.3 Å². The predicted molar refractivity (Wildman–Crippen MR) is 110 cm³/mol. The number of aromatic amines is 1. The first-order valence-corrected chi connectivity index (χ1v) is 10.2. The topological polar surface area (TPSA) is 103 Å². The quantitative estimate of drug-likeness (QED) is 0.580. The second-order valence-corrected chi connectivity index (χ2v) is 8.54. The molecule has 0 radical (unpaired) electrons. The standard InChI is InChI=1S/C23H22F2N4O2/c1-23(4-2-3-5-23)14(8-20(30)31)7-19-18(25)6-13(10-26)21(29-19)17-12-28-22-16(17)9-15(24)11-27-22/h6,9,11-12,14H,2-5,7-8H2,1H3,(H,27,28)(H,30,31)/t14-/m1/s1. The zero-order valence-corrected chi connectivity index (χ0v) is 17.1. The monoisotopic (exact) mass is 424 g/mol. The molecule has 31 heavy (non-hydrogen) atoms. The Kier molecular flexibility index (Phi) is 5.44. The lowest BCUT2D eigenvalue weighted by Crippen LogP contribution is -2.29. The summed E-state index contributed by atoms with van der Waals surface area (Å²) in [6, 6.07) is 4.36. The van der Waals surface area contributed by atoms with Crippen molar-refractivity contribution < 1.29 is 18.7 Å². The number of aromatic nitrogens is 3. The van der Waals surface area contributed by atoms with E-state index < -0.39 is 17.6 Å². The smallest absolute Gasteiger partial charge is 0.303 e. The number of nitriles is 1. The summed E-state index contributed by atoms with van der Waals surface area (Å²) < 4.78 is 28.7. The van der Waals surface area contributed by atoms with Gasteiger partial charge in [-0.3, -0.25) is 4.79 Å². The van der Waals surface area contributed by atoms with Crippen molar-refractivity contribution in [2.45, 2.75) is 45.4 Å². The molecule has 8 heteroatoms. The van der Waals surface area contributed by atoms with Crippen LogP contribution in [-0.4, -0.2) is 26.0 Å². The van der Waals surface area contributed by atoms with Crippen molar-refractivity contribution in [3.8, 4) is 17.3 Å². The van der Waals surface area contributed by atoms with E-state index in [1.165, 1.54) is 6.07 Å². The molecule has 0 unspecified atom stereocenters. The fourth-order valence-corrected chi connectivity index (χ4v) is 4.73. The van der Waals surface area contributed by atoms with Crippen LogP contribution < -0.4 is 0 Å². The average molecular weight is 424 g/mol. The third kappa shape index (κ3) is 4.00. The lowest BCUT2D eigenvalue weighted by Gasteiger charge is -2.33. The van der Waals surface area contributed by atoms with Gasteiger partial charge in [-0.1, -0.05) is 19.8 Å². The summed E-state index contributed by atoms with van der Waals surface area (Å²) in [6.07, 6.45) is 6.55. The van der Waals surface area contributed by atoms with Gasteiger partial charge >= 0.3 is 5.97 Å². The van der Waals surface area contributed by atoms with E-state index in [1.807, 2.05) is 6.07 Å². The van der Waals surface area contributed by atoms with Crippen molar-refractivity contribution in [1.82, 2.24) is 15.0 Å². The fraction of sp³-hybridized carbons (Fsp3) is 0.391. The van der Waals surface area contributed by atoms with Gasteiger partial charge in [0.25, 0.3) is 0 Å². The van der Waals surface area contributed by atoms with E-state index in [2.05, 4.69) is 21.9 Å². The van der Waals surface area contributed by atoms with Crippen LogP contribution in [0.1, 0.15) is 50.3 Å². The van der Waals surface area contributed by atoms with Crippen LogP contribution in [0.15, 0.2) is 24.5 Å². The highest BCUT2D eigenvalue weighted by molar-refractivity contribution is 5.93. The highest BCUT2D eigenvalue weighted by Crippen LogP contribution is 2.46. The number of fused-ring (bicyclic) bond motifs is 1. The third-order valence-electron chi connectivity index (χ3n) is 6.51. The molecule has 0 amide bonds. The SMILES string of the molecule is CC1([C@@H](CC(=O)O)Cc2nc(-c3c[nH]c4ncc(F)cc34)c(C#N)cc2F)CCCC1. The Morgan fingerprint density at radius 1 is 1.35 bits per heavy atom. The summed E-state index contributed by atoms with van der Waals surface area (Å²) >= 11 is 0. The summed E-state index contributed by atoms with van der Waals surface area (Å²) in [5.41, 5.74) is 1.04. The lowest BCUT2D eigenvalue weighted by atomic mass is 9.72. The van der Waals surface area contributed by atoms with Crippen molar-refractivity contribution in [2.75, 3.05) is 0 Å². The Morgan fingerprint density at radius 3 is 2.77 bits per heavy atom. The van der Waals surface area contributed by atoms with Gasteiger partial charge in [0, 0.05) is 23.6 Å². The minimum absolute atomic E-state index is 0.0215. The summed E-state index contributed by atoms with van der Waals surface area (Å²) in [4.78, 5) is 22.9. The highest BCUT2D eigenvalue weighted by Gasteiger charge is 2.38. The molecule has 0 aliphatic heterocycles. The number of carboxylic acids is 1. The molecule has 1 aliphatic rings. The number of H-pyrrole nitrogens is 1. The molecular weight excluding hydrogens is 402 g/mol. The van der Waals surface area contributed by atoms with Crippen molar-refractivity contribution in [3.05, 3.63) is 47.4 Å². The largest absolute Gasteiger partial charge is 0.481 e. The first kappa shape index (κ1) is 20.9. The third-order valence-corrected chi connectivity index (χ3v) is 6.51. The van der Waals surface area contributed by atoms with E-state index in [4.69, 9.17) is 0 Å². The van der Waals surface area contributed by atoms with Gasteiger partial charge in [-0.25, -0.2) is 18.7 Å². The Bertz CT molecular complexity index is 1190. The molecular formula is C23H22F2N4O2. The Labute approximate surface area is 178 Å². The minimum atomic E-state index is -0.925. The van der Waals surface area contributed by atoms with Crippen LogP contribution in [0.3, 0.4) is 0 Å². The van der Waals surface area contributed by atoms with Gasteiger partial charge in [-0.2, -0.15) is 5.26 Å². The van der Waals surface area contributed by atoms with Gasteiger partial charge in [-0.15, -0.1) is 0 Å². The maximum atomic E-state index is 14.9. The molecule has 2 N–H and O–H groups in total. The number of halogens is 2. The van der Waals surface area contributed by atoms with Crippen LogP contribution in [0.2, 0.25) is 0 Å². The zero-order chi connectivity index (χ0) is 22.2. The highest BCUT2D eigenvalue weighted by atomic mass is 19.1. The van der Waals surface area contributed by atoms with E-state index in [0.29, 0.717) is 16.6 Å². The maximum Gasteiger partial charge on any atom is 0.303 e. The summed E-state index contributed by atoms with van der Waals surface area (Å²) in [6.45, 7) is 2.06. The van der Waals surface area contributed by atoms with E-state index in [9.17, 15) is 23.9 Å². The number of carbonyl (C=O) groups is 1. The predicted octanol–water partition coefficient (Wildman–Crippen LogP) is 4.99. The second kappa shape index (κ2) is 8.06. The average Bonchev–Trinajstić information content (AvgIpc) is 3.35. The Balaban J connectivity index is 1.79. The maximum absolute atomic E-state index is 14.9. The molecule has 0 aromatic carbocycles. The molecule has 6 nitrogen and oxygen atoms in total. The molecule has 0 saturated heterocycles. The second-order valence-electron chi connectivity index (χ2n) is 8.54. The van der Waals surface area contributed by atoms with E-state index in [0.717, 1.165) is 37.9 Å². The summed E-state index contributed by atoms with van der Waals surface area (Å²) in [5.74, 6) is -2.38. The van der Waals surface area contributed by atoms with Gasteiger partial charge in [0.1, 0.15) is 23.4 Å². The Hall–Kier alpha value is -3.34. The number of rotatable bonds is 6. The molecule has 1 atom stereocenters. The van der Waals surface area contributed by atoms with Gasteiger partial charge in [0.05, 0.1) is 23.1 Å². The molecule has 0 bridgehead atoms. The number of hydrogen-bond donors (Lipinski definition) is 2. The van der Waals surface area contributed by atoms with Crippen molar-refractivity contribution in [1.29, 1.82) is 5.26 Å². The molecule has 1 aliphatic carbocycles. The van der Waals surface area contributed by atoms with Gasteiger partial charge in [-0.05, 0) is 42.7 Å². The zero-order valence-electron chi connectivity index (χ0n) is 17.1. The number of aliphatic carboxylic acids is 1. The van der Waals surface area contributed by atoms with Gasteiger partial charge < -0.3 is 10.1 Å². The van der Waals surface area contributed by atoms with E-state index in [1.54, 1.807) is 6.20 Å². The number of pyridine rings is 2. The molecule has 3 aromatic rings. The molecule has 0 spiro atoms. The molecule has 3 heterocycles. The van der Waals surface area contributed by atoms with Crippen LogP contribution in [0.4, 0.5) is 8.78 Å². The van der Waals surface area contributed by atoms with Gasteiger partial charge in [0.2, 0.25) is 0 Å². The number of nitrogens with one attached hydrogen (secondary N) is 1. The Morgan fingerprint density at radius 2 is 2.10 bits per heavy atom. The molecule has 3 aromatic heterocycles. The number of nitrogens with zero attached hydrogens (tertiary/aromatic N) is 3. The van der Waals surface area contributed by atoms with Gasteiger partial charge in [0.15, 0.2) is 0 Å². The van der Waals surface area contributed by atoms with Crippen molar-refractivity contribution in [3.63, 3.8) is 0 Å². The molecule has 4 rings (SSSR count). The van der Waals surface area contributed by atoms with Crippen LogP contribution >= 0.6 is 0 Å². The summed E-state index contributed by atoms with van der Waals surface area (Å²) in [5, 5.41) is 19.4. The molecule has 160 valence electrons. The van der Waals surface area contributed by atoms with Crippen molar-refractivity contribution >= 4 is 17.0 Å². The van der Waals surface area contributed by atoms with E-state index >= 15 is 0 Å². The fourth-order valence-electron chi connectivity index (χ4n) is 4.73. The van der Waals surface area contributed by atoms with Crippen LogP contribution in [-0.2, 0) is 11.2 Å². The normalized spacial score (nSPS) is 16.3. The van der Waals surface area contributed by atoms with Crippen molar-refractivity contribution in [2.24, 2.45) is 11.3 Å². The van der Waals surface area contributed by atoms with Crippen LogP contribution in [0.5, 0.6) is 0 Å².